The van der Waals surface area contributed by atoms with Crippen LogP contribution in [0.2, 0.25) is 0 Å². The highest BCUT2D eigenvalue weighted by Gasteiger charge is 2.26. The number of aromatic amines is 1. The average molecular weight is 347 g/mol. The van der Waals surface area contributed by atoms with Crippen molar-refractivity contribution in [1.29, 1.82) is 0 Å². The van der Waals surface area contributed by atoms with E-state index in [1.54, 1.807) is 6.20 Å². The molecule has 2 N–H and O–H groups in total. The molecule has 0 saturated carbocycles. The quantitative estimate of drug-likeness (QED) is 0.737. The van der Waals surface area contributed by atoms with E-state index in [0.29, 0.717) is 11.4 Å². The van der Waals surface area contributed by atoms with Gasteiger partial charge in [0.1, 0.15) is 0 Å². The predicted molar refractivity (Wildman–Crippen MR) is 101 cm³/mol. The van der Waals surface area contributed by atoms with Crippen molar-refractivity contribution >= 4 is 17.2 Å². The minimum Gasteiger partial charge on any atom is -0.318 e. The van der Waals surface area contributed by atoms with Crippen LogP contribution in [0.15, 0.2) is 49.3 Å². The number of nitrogens with zero attached hydrogens (tertiary/aromatic N) is 3. The fraction of sp³-hybridized carbons (Fsp3) is 0.250. The topological polar surface area (TPSA) is 75.6 Å². The van der Waals surface area contributed by atoms with Crippen LogP contribution in [-0.2, 0) is 6.42 Å². The lowest BCUT2D eigenvalue weighted by atomic mass is 10.1. The maximum absolute atomic E-state index is 12.6. The Morgan fingerprint density at radius 2 is 2.15 bits per heavy atom. The monoisotopic (exact) mass is 347 g/mol. The minimum atomic E-state index is -0.238. The zero-order valence-electron chi connectivity index (χ0n) is 14.7. The maximum atomic E-state index is 12.6. The second kappa shape index (κ2) is 6.63. The zero-order valence-corrected chi connectivity index (χ0v) is 14.7. The summed E-state index contributed by atoms with van der Waals surface area (Å²) in [4.78, 5) is 12.6. The smallest absolute Gasteiger partial charge is 0.276 e. The number of H-pyrrole nitrogens is 1. The molecule has 0 fully saturated rings. The van der Waals surface area contributed by atoms with Gasteiger partial charge in [0.2, 0.25) is 0 Å². The van der Waals surface area contributed by atoms with Crippen LogP contribution in [0.4, 0.5) is 5.69 Å². The van der Waals surface area contributed by atoms with Crippen molar-refractivity contribution in [2.45, 2.75) is 32.2 Å². The number of allylic oxidation sites excluding steroid dienone is 1. The average Bonchev–Trinajstić information content (AvgIpc) is 3.35. The molecule has 6 heteroatoms. The second-order valence-corrected chi connectivity index (χ2v) is 6.53. The van der Waals surface area contributed by atoms with E-state index < -0.39 is 0 Å². The molecule has 4 rings (SSSR count). The number of rotatable bonds is 5. The SMILES string of the molecule is C=C1CCc2[nH]nc(C(=O)Nc3cnn([C@@H](CC)c4ccccc4)c3)c21. The van der Waals surface area contributed by atoms with Gasteiger partial charge in [-0.3, -0.25) is 14.6 Å². The van der Waals surface area contributed by atoms with Gasteiger partial charge in [-0.05, 0) is 30.4 Å². The summed E-state index contributed by atoms with van der Waals surface area (Å²) in [7, 11) is 0. The first kappa shape index (κ1) is 16.3. The molecule has 2 aromatic heterocycles. The Morgan fingerprint density at radius 3 is 2.92 bits per heavy atom. The van der Waals surface area contributed by atoms with Crippen molar-refractivity contribution in [2.75, 3.05) is 5.32 Å². The van der Waals surface area contributed by atoms with Crippen LogP contribution in [0.3, 0.4) is 0 Å². The Hall–Kier alpha value is -3.15. The zero-order chi connectivity index (χ0) is 18.1. The molecule has 0 unspecified atom stereocenters. The van der Waals surface area contributed by atoms with E-state index in [-0.39, 0.29) is 11.9 Å². The van der Waals surface area contributed by atoms with Crippen LogP contribution in [-0.4, -0.2) is 25.9 Å². The maximum Gasteiger partial charge on any atom is 0.276 e. The number of nitrogens with one attached hydrogen (secondary N) is 2. The van der Waals surface area contributed by atoms with E-state index in [9.17, 15) is 4.79 Å². The molecule has 1 aliphatic carbocycles. The fourth-order valence-corrected chi connectivity index (χ4v) is 3.52. The Balaban J connectivity index is 1.54. The number of carbonyl (C=O) groups is 1. The summed E-state index contributed by atoms with van der Waals surface area (Å²) in [6.45, 7) is 6.15. The van der Waals surface area contributed by atoms with Crippen LogP contribution in [0.1, 0.15) is 53.1 Å². The summed E-state index contributed by atoms with van der Waals surface area (Å²) in [6, 6.07) is 10.4. The van der Waals surface area contributed by atoms with Gasteiger partial charge in [-0.2, -0.15) is 10.2 Å². The van der Waals surface area contributed by atoms with Crippen molar-refractivity contribution in [1.82, 2.24) is 20.0 Å². The number of benzene rings is 1. The van der Waals surface area contributed by atoms with E-state index >= 15 is 0 Å². The molecule has 1 atom stereocenters. The lowest BCUT2D eigenvalue weighted by molar-refractivity contribution is 0.102. The number of hydrogen-bond donors (Lipinski definition) is 2. The number of aryl methyl sites for hydroxylation is 1. The Kier molecular flexibility index (Phi) is 4.16. The van der Waals surface area contributed by atoms with Crippen molar-refractivity contribution in [2.24, 2.45) is 0 Å². The van der Waals surface area contributed by atoms with Gasteiger partial charge >= 0.3 is 0 Å². The largest absolute Gasteiger partial charge is 0.318 e. The van der Waals surface area contributed by atoms with Gasteiger partial charge in [0, 0.05) is 17.5 Å². The van der Waals surface area contributed by atoms with Gasteiger partial charge < -0.3 is 5.32 Å². The van der Waals surface area contributed by atoms with E-state index in [1.807, 2.05) is 29.1 Å². The molecule has 1 aliphatic rings. The standard InChI is InChI=1S/C20H21N5O/c1-3-17(14-7-5-4-6-8-14)25-12-15(11-21-25)22-20(26)19-18-13(2)9-10-16(18)23-24-19/h4-8,11-12,17H,2-3,9-10H2,1H3,(H,22,26)(H,23,24)/t17-/m0/s1. The molecule has 0 bridgehead atoms. The van der Waals surface area contributed by atoms with Crippen molar-refractivity contribution in [3.8, 4) is 0 Å². The molecule has 0 saturated heterocycles. The lowest BCUT2D eigenvalue weighted by Gasteiger charge is -2.15. The summed E-state index contributed by atoms with van der Waals surface area (Å²) in [6.07, 6.45) is 6.18. The number of hydrogen-bond acceptors (Lipinski definition) is 3. The predicted octanol–water partition coefficient (Wildman–Crippen LogP) is 3.82. The summed E-state index contributed by atoms with van der Waals surface area (Å²) < 4.78 is 1.89. The van der Waals surface area contributed by atoms with Crippen LogP contribution in [0.5, 0.6) is 0 Å². The van der Waals surface area contributed by atoms with Crippen LogP contribution >= 0.6 is 0 Å². The molecule has 132 valence electrons. The van der Waals surface area contributed by atoms with Crippen molar-refractivity contribution in [3.63, 3.8) is 0 Å². The lowest BCUT2D eigenvalue weighted by Crippen LogP contribution is -2.14. The Labute approximate surface area is 151 Å². The summed E-state index contributed by atoms with van der Waals surface area (Å²) in [5.41, 5.74) is 5.08. The van der Waals surface area contributed by atoms with E-state index in [1.165, 1.54) is 5.56 Å². The van der Waals surface area contributed by atoms with Crippen LogP contribution < -0.4 is 5.32 Å². The molecule has 26 heavy (non-hydrogen) atoms. The highest BCUT2D eigenvalue weighted by atomic mass is 16.2. The molecule has 0 aliphatic heterocycles. The fourth-order valence-electron chi connectivity index (χ4n) is 3.52. The molecule has 1 aromatic carbocycles. The van der Waals surface area contributed by atoms with E-state index in [4.69, 9.17) is 0 Å². The molecule has 0 radical (unpaired) electrons. The number of amides is 1. The molecule has 2 heterocycles. The number of anilines is 1. The van der Waals surface area contributed by atoms with Crippen molar-refractivity contribution < 1.29 is 4.79 Å². The Bertz CT molecular complexity index is 954. The normalized spacial score (nSPS) is 14.3. The number of fused-ring (bicyclic) bond motifs is 1. The molecule has 3 aromatic rings. The second-order valence-electron chi connectivity index (χ2n) is 6.53. The van der Waals surface area contributed by atoms with Gasteiger partial charge in [-0.15, -0.1) is 0 Å². The molecule has 6 nitrogen and oxygen atoms in total. The third-order valence-corrected chi connectivity index (χ3v) is 4.84. The van der Waals surface area contributed by atoms with Crippen LogP contribution in [0, 0.1) is 0 Å². The summed E-state index contributed by atoms with van der Waals surface area (Å²) >= 11 is 0. The van der Waals surface area contributed by atoms with E-state index in [0.717, 1.165) is 36.1 Å². The first-order valence-electron chi connectivity index (χ1n) is 8.83. The first-order valence-corrected chi connectivity index (χ1v) is 8.83. The number of carbonyl (C=O) groups excluding carboxylic acids is 1. The molecular formula is C20H21N5O. The highest BCUT2D eigenvalue weighted by molar-refractivity contribution is 6.06. The third kappa shape index (κ3) is 2.83. The van der Waals surface area contributed by atoms with Gasteiger partial charge in [0.15, 0.2) is 5.69 Å². The van der Waals surface area contributed by atoms with Gasteiger partial charge in [-0.1, -0.05) is 43.8 Å². The third-order valence-electron chi connectivity index (χ3n) is 4.84. The first-order chi connectivity index (χ1) is 12.7. The molecule has 1 amide bonds. The molecular weight excluding hydrogens is 326 g/mol. The Morgan fingerprint density at radius 1 is 1.35 bits per heavy atom. The van der Waals surface area contributed by atoms with Crippen LogP contribution in [0.25, 0.3) is 5.57 Å². The summed E-state index contributed by atoms with van der Waals surface area (Å²) in [5.74, 6) is -0.238. The minimum absolute atomic E-state index is 0.135. The van der Waals surface area contributed by atoms with Gasteiger partial charge in [0.05, 0.1) is 17.9 Å². The van der Waals surface area contributed by atoms with E-state index in [2.05, 4.69) is 46.2 Å². The molecule has 0 spiro atoms. The summed E-state index contributed by atoms with van der Waals surface area (Å²) in [5, 5.41) is 14.5. The number of aromatic nitrogens is 4. The van der Waals surface area contributed by atoms with Crippen molar-refractivity contribution in [3.05, 3.63) is 71.8 Å². The van der Waals surface area contributed by atoms with Gasteiger partial charge in [-0.25, -0.2) is 0 Å². The highest BCUT2D eigenvalue weighted by Crippen LogP contribution is 2.32. The van der Waals surface area contributed by atoms with Gasteiger partial charge in [0.25, 0.3) is 5.91 Å².